The maximum Gasteiger partial charge on any atom is 0.226 e. The van der Waals surface area contributed by atoms with Crippen molar-refractivity contribution in [1.29, 1.82) is 0 Å². The van der Waals surface area contributed by atoms with Crippen LogP contribution in [0.15, 0.2) is 28.8 Å². The Kier molecular flexibility index (Phi) is 3.00. The van der Waals surface area contributed by atoms with Gasteiger partial charge in [-0.15, -0.1) is 0 Å². The first kappa shape index (κ1) is 11.9. The summed E-state index contributed by atoms with van der Waals surface area (Å²) in [5.74, 6) is 1.81. The topological polar surface area (TPSA) is 77.0 Å². The van der Waals surface area contributed by atoms with E-state index >= 15 is 0 Å². The number of aliphatic hydroxyl groups is 1. The molecule has 0 radical (unpaired) electrons. The number of aliphatic hydroxyl groups excluding tert-OH is 1. The lowest BCUT2D eigenvalue weighted by molar-refractivity contribution is 0.266. The average Bonchev–Trinajstić information content (AvgIpc) is 3.04. The fourth-order valence-electron chi connectivity index (χ4n) is 2.06. The van der Waals surface area contributed by atoms with Crippen molar-refractivity contribution in [1.82, 2.24) is 19.7 Å². The molecule has 1 N–H and O–H groups in total. The number of rotatable bonds is 4. The van der Waals surface area contributed by atoms with E-state index < -0.39 is 0 Å². The van der Waals surface area contributed by atoms with Crippen molar-refractivity contribution in [3.05, 3.63) is 41.8 Å². The molecule has 0 atom stereocenters. The first-order chi connectivity index (χ1) is 9.31. The van der Waals surface area contributed by atoms with Gasteiger partial charge in [0.15, 0.2) is 5.82 Å². The number of aromatic nitrogens is 4. The molecule has 0 aliphatic heterocycles. The van der Waals surface area contributed by atoms with Crippen molar-refractivity contribution in [2.24, 2.45) is 0 Å². The highest BCUT2D eigenvalue weighted by Gasteiger charge is 2.12. The molecule has 2 aromatic heterocycles. The van der Waals surface area contributed by atoms with Gasteiger partial charge >= 0.3 is 0 Å². The van der Waals surface area contributed by atoms with Gasteiger partial charge in [0, 0.05) is 6.42 Å². The lowest BCUT2D eigenvalue weighted by Gasteiger charge is -2.03. The highest BCUT2D eigenvalue weighted by molar-refractivity contribution is 5.75. The van der Waals surface area contributed by atoms with Gasteiger partial charge in [-0.05, 0) is 12.1 Å². The van der Waals surface area contributed by atoms with Gasteiger partial charge in [-0.1, -0.05) is 24.2 Å². The molecule has 0 saturated heterocycles. The van der Waals surface area contributed by atoms with Crippen LogP contribution in [0.1, 0.15) is 24.5 Å². The van der Waals surface area contributed by atoms with E-state index in [1.807, 2.05) is 35.8 Å². The van der Waals surface area contributed by atoms with E-state index in [0.29, 0.717) is 30.5 Å². The molecule has 0 fully saturated rings. The van der Waals surface area contributed by atoms with Crippen LogP contribution in [-0.2, 0) is 19.6 Å². The van der Waals surface area contributed by atoms with Crippen LogP contribution in [-0.4, -0.2) is 24.8 Å². The molecule has 0 unspecified atom stereocenters. The number of imidazole rings is 1. The Morgan fingerprint density at radius 3 is 2.84 bits per heavy atom. The standard InChI is InChI=1S/C13H14N4O2/c1-2-13-15-11(16-19-13)7-17-10-6-4-3-5-9(10)14-12(17)8-18/h3-6,18H,2,7-8H2,1H3. The average molecular weight is 258 g/mol. The molecule has 6 nitrogen and oxygen atoms in total. The minimum Gasteiger partial charge on any atom is -0.388 e. The zero-order valence-corrected chi connectivity index (χ0v) is 10.6. The lowest BCUT2D eigenvalue weighted by atomic mass is 10.3. The number of benzene rings is 1. The summed E-state index contributed by atoms with van der Waals surface area (Å²) in [6.07, 6.45) is 0.713. The van der Waals surface area contributed by atoms with Crippen LogP contribution < -0.4 is 0 Å². The van der Waals surface area contributed by atoms with Crippen LogP contribution >= 0.6 is 0 Å². The fraction of sp³-hybridized carbons (Fsp3) is 0.308. The quantitative estimate of drug-likeness (QED) is 0.767. The lowest BCUT2D eigenvalue weighted by Crippen LogP contribution is -2.06. The van der Waals surface area contributed by atoms with Crippen molar-refractivity contribution < 1.29 is 9.63 Å². The van der Waals surface area contributed by atoms with Crippen LogP contribution in [0.2, 0.25) is 0 Å². The van der Waals surface area contributed by atoms with E-state index in [1.165, 1.54) is 0 Å². The van der Waals surface area contributed by atoms with Crippen molar-refractivity contribution >= 4 is 11.0 Å². The summed E-state index contributed by atoms with van der Waals surface area (Å²) in [5.41, 5.74) is 1.81. The second-order valence-electron chi connectivity index (χ2n) is 4.22. The fourth-order valence-corrected chi connectivity index (χ4v) is 2.06. The molecule has 0 spiro atoms. The highest BCUT2D eigenvalue weighted by Crippen LogP contribution is 2.17. The maximum absolute atomic E-state index is 9.40. The Balaban J connectivity index is 2.03. The third-order valence-corrected chi connectivity index (χ3v) is 2.99. The summed E-state index contributed by atoms with van der Waals surface area (Å²) in [6, 6.07) is 7.74. The van der Waals surface area contributed by atoms with E-state index in [2.05, 4.69) is 15.1 Å². The molecule has 3 aromatic rings. The molecule has 0 aliphatic carbocycles. The van der Waals surface area contributed by atoms with Gasteiger partial charge in [0.1, 0.15) is 12.4 Å². The van der Waals surface area contributed by atoms with Crippen LogP contribution in [0.3, 0.4) is 0 Å². The molecule has 0 amide bonds. The van der Waals surface area contributed by atoms with Crippen LogP contribution in [0.5, 0.6) is 0 Å². The first-order valence-electron chi connectivity index (χ1n) is 6.18. The Labute approximate surface area is 109 Å². The molecule has 98 valence electrons. The van der Waals surface area contributed by atoms with Crippen molar-refractivity contribution in [2.45, 2.75) is 26.5 Å². The zero-order chi connectivity index (χ0) is 13.2. The maximum atomic E-state index is 9.40. The van der Waals surface area contributed by atoms with E-state index in [-0.39, 0.29) is 6.61 Å². The van der Waals surface area contributed by atoms with Crippen LogP contribution in [0.4, 0.5) is 0 Å². The van der Waals surface area contributed by atoms with Crippen LogP contribution in [0, 0.1) is 0 Å². The second kappa shape index (κ2) is 4.81. The molecule has 2 heterocycles. The zero-order valence-electron chi connectivity index (χ0n) is 10.6. The Morgan fingerprint density at radius 1 is 1.26 bits per heavy atom. The van der Waals surface area contributed by atoms with Gasteiger partial charge in [0.2, 0.25) is 5.89 Å². The van der Waals surface area contributed by atoms with Crippen molar-refractivity contribution in [2.75, 3.05) is 0 Å². The minimum atomic E-state index is -0.118. The normalized spacial score (nSPS) is 11.3. The third-order valence-electron chi connectivity index (χ3n) is 2.99. The third kappa shape index (κ3) is 2.10. The van der Waals surface area contributed by atoms with Gasteiger partial charge in [-0.25, -0.2) is 4.98 Å². The number of fused-ring (bicyclic) bond motifs is 1. The number of hydrogen-bond acceptors (Lipinski definition) is 5. The Hall–Kier alpha value is -2.21. The monoisotopic (exact) mass is 258 g/mol. The second-order valence-corrected chi connectivity index (χ2v) is 4.22. The molecular formula is C13H14N4O2. The van der Waals surface area contributed by atoms with Crippen LogP contribution in [0.25, 0.3) is 11.0 Å². The van der Waals surface area contributed by atoms with Gasteiger partial charge < -0.3 is 14.2 Å². The molecule has 19 heavy (non-hydrogen) atoms. The van der Waals surface area contributed by atoms with E-state index in [0.717, 1.165) is 11.0 Å². The summed E-state index contributed by atoms with van der Waals surface area (Å²) in [5, 5.41) is 13.3. The molecule has 1 aromatic carbocycles. The summed E-state index contributed by atoms with van der Waals surface area (Å²) in [6.45, 7) is 2.29. The molecule has 3 rings (SSSR count). The molecule has 0 saturated carbocycles. The first-order valence-corrected chi connectivity index (χ1v) is 6.18. The largest absolute Gasteiger partial charge is 0.388 e. The number of nitrogens with zero attached hydrogens (tertiary/aromatic N) is 4. The number of para-hydroxylation sites is 2. The highest BCUT2D eigenvalue weighted by atomic mass is 16.5. The molecule has 0 aliphatic rings. The summed E-state index contributed by atoms with van der Waals surface area (Å²) < 4.78 is 6.99. The Morgan fingerprint density at radius 2 is 2.11 bits per heavy atom. The van der Waals surface area contributed by atoms with E-state index in [9.17, 15) is 5.11 Å². The van der Waals surface area contributed by atoms with Gasteiger partial charge in [0.05, 0.1) is 17.6 Å². The summed E-state index contributed by atoms with van der Waals surface area (Å²) in [7, 11) is 0. The smallest absolute Gasteiger partial charge is 0.226 e. The number of hydrogen-bond donors (Lipinski definition) is 1. The molecule has 0 bridgehead atoms. The number of aryl methyl sites for hydroxylation is 1. The van der Waals surface area contributed by atoms with E-state index in [1.54, 1.807) is 0 Å². The molecular weight excluding hydrogens is 244 g/mol. The van der Waals surface area contributed by atoms with Gasteiger partial charge in [-0.2, -0.15) is 4.98 Å². The predicted molar refractivity (Wildman–Crippen MR) is 68.4 cm³/mol. The summed E-state index contributed by atoms with van der Waals surface area (Å²) in [4.78, 5) is 8.66. The molecule has 6 heteroatoms. The van der Waals surface area contributed by atoms with Crippen molar-refractivity contribution in [3.8, 4) is 0 Å². The van der Waals surface area contributed by atoms with E-state index in [4.69, 9.17) is 4.52 Å². The van der Waals surface area contributed by atoms with Crippen molar-refractivity contribution in [3.63, 3.8) is 0 Å². The van der Waals surface area contributed by atoms with Gasteiger partial charge in [-0.3, -0.25) is 0 Å². The predicted octanol–water partition coefficient (Wildman–Crippen LogP) is 1.52. The summed E-state index contributed by atoms with van der Waals surface area (Å²) >= 11 is 0. The SMILES string of the molecule is CCc1nc(Cn2c(CO)nc3ccccc32)no1. The minimum absolute atomic E-state index is 0.118. The van der Waals surface area contributed by atoms with Gasteiger partial charge in [0.25, 0.3) is 0 Å². The Bertz CT molecular complexity index is 702.